The topological polar surface area (TPSA) is 54.9 Å². The van der Waals surface area contributed by atoms with Crippen LogP contribution in [-0.2, 0) is 11.2 Å². The summed E-state index contributed by atoms with van der Waals surface area (Å²) in [4.78, 5) is 20.0. The summed E-state index contributed by atoms with van der Waals surface area (Å²) in [6.45, 7) is 6.57. The molecule has 1 amide bonds. The lowest BCUT2D eigenvalue weighted by Crippen LogP contribution is -2.28. The largest absolute Gasteiger partial charge is 0.389 e. The molecule has 1 N–H and O–H groups in total. The molecule has 0 aromatic carbocycles. The summed E-state index contributed by atoms with van der Waals surface area (Å²) >= 11 is 0. The lowest BCUT2D eigenvalue weighted by atomic mass is 10.1. The summed E-state index contributed by atoms with van der Waals surface area (Å²) in [5.41, 5.74) is -2.94. The van der Waals surface area contributed by atoms with E-state index in [1.165, 1.54) is 40.7 Å². The molecular formula is C18H21F5N3OP. The smallest absolute Gasteiger partial charge is 0.344 e. The molecule has 0 bridgehead atoms. The van der Waals surface area contributed by atoms with Gasteiger partial charge in [0.1, 0.15) is 0 Å². The lowest BCUT2D eigenvalue weighted by Gasteiger charge is -2.14. The van der Waals surface area contributed by atoms with Gasteiger partial charge in [0.25, 0.3) is 11.6 Å². The lowest BCUT2D eigenvalue weighted by molar-refractivity contribution is -0.134. The van der Waals surface area contributed by atoms with Crippen LogP contribution in [-0.4, -0.2) is 27.7 Å². The number of aromatic nitrogens is 2. The molecule has 2 unspecified atom stereocenters. The molecule has 10 heteroatoms. The van der Waals surface area contributed by atoms with Gasteiger partial charge in [0.2, 0.25) is 0 Å². The van der Waals surface area contributed by atoms with E-state index in [1.54, 1.807) is 6.92 Å². The third-order valence-corrected chi connectivity index (χ3v) is 3.97. The molecule has 28 heavy (non-hydrogen) atoms. The molecule has 2 atom stereocenters. The number of alkyl halides is 5. The predicted octanol–water partition coefficient (Wildman–Crippen LogP) is 4.68. The number of allylic oxidation sites excluding steroid dienone is 3. The number of nitrogens with zero attached hydrogens (tertiary/aromatic N) is 2. The van der Waals surface area contributed by atoms with Crippen molar-refractivity contribution in [2.45, 2.75) is 44.6 Å². The molecule has 0 saturated carbocycles. The zero-order chi connectivity index (χ0) is 21.5. The van der Waals surface area contributed by atoms with Crippen LogP contribution in [0.15, 0.2) is 48.3 Å². The quantitative estimate of drug-likeness (QED) is 0.287. The number of hydrogen-bond donors (Lipinski definition) is 1. The van der Waals surface area contributed by atoms with Crippen LogP contribution in [0.25, 0.3) is 0 Å². The van der Waals surface area contributed by atoms with Crippen molar-refractivity contribution in [3.63, 3.8) is 0 Å². The van der Waals surface area contributed by atoms with Gasteiger partial charge < -0.3 is 5.32 Å². The van der Waals surface area contributed by atoms with E-state index >= 15 is 0 Å². The van der Waals surface area contributed by atoms with E-state index in [-0.39, 0.29) is 23.3 Å². The summed E-state index contributed by atoms with van der Waals surface area (Å²) in [5, 5.41) is 2.57. The number of rotatable bonds is 8. The number of nitrogens with one attached hydrogen (secondary N) is 1. The molecule has 1 heterocycles. The van der Waals surface area contributed by atoms with Crippen molar-refractivity contribution < 1.29 is 26.7 Å². The number of amides is 1. The summed E-state index contributed by atoms with van der Waals surface area (Å²) in [6.07, 6.45) is 0.418. The Balaban J connectivity index is 2.67. The molecule has 154 valence electrons. The zero-order valence-corrected chi connectivity index (χ0v) is 16.5. The standard InChI is InChI=1S/C18H21F5N3OP/c1-4-13(18(22,23)28)6-5-11(2)16(27)26-12(3)15-10-24-14(9-25-15)7-8-17(19,20)21/h4-6,9-10,12H,2,7-8,28H2,1,3H3,(H,26,27)/b6-5-,13-4+. The highest BCUT2D eigenvalue weighted by atomic mass is 31.0. The molecule has 0 aliphatic heterocycles. The van der Waals surface area contributed by atoms with E-state index in [0.717, 1.165) is 6.08 Å². The number of carbonyl (C=O) groups is 1. The Kier molecular flexibility index (Phi) is 8.42. The van der Waals surface area contributed by atoms with Crippen molar-refractivity contribution in [2.75, 3.05) is 0 Å². The molecule has 0 radical (unpaired) electrons. The molecule has 0 spiro atoms. The Labute approximate surface area is 162 Å². The van der Waals surface area contributed by atoms with E-state index in [9.17, 15) is 26.7 Å². The third kappa shape index (κ3) is 8.25. The van der Waals surface area contributed by atoms with Gasteiger partial charge in [-0.05, 0) is 26.3 Å². The number of hydrogen-bond acceptors (Lipinski definition) is 3. The number of halogens is 5. The average molecular weight is 421 g/mol. The van der Waals surface area contributed by atoms with Crippen molar-refractivity contribution in [3.05, 3.63) is 59.7 Å². The molecule has 0 aliphatic carbocycles. The SMILES string of the molecule is C=C(/C=C\C(=C/C)C(F)(F)P)C(=O)NC(C)c1cnc(CCC(F)(F)F)cn1. The van der Waals surface area contributed by atoms with Gasteiger partial charge in [-0.2, -0.15) is 22.0 Å². The van der Waals surface area contributed by atoms with E-state index in [0.29, 0.717) is 5.69 Å². The second-order valence-corrected chi connectivity index (χ2v) is 6.69. The Morgan fingerprint density at radius 1 is 1.25 bits per heavy atom. The van der Waals surface area contributed by atoms with E-state index in [1.807, 2.05) is 0 Å². The molecule has 0 aliphatic rings. The fourth-order valence-electron chi connectivity index (χ4n) is 2.02. The van der Waals surface area contributed by atoms with Crippen molar-refractivity contribution in [1.29, 1.82) is 0 Å². The van der Waals surface area contributed by atoms with Crippen LogP contribution in [0.4, 0.5) is 22.0 Å². The fourth-order valence-corrected chi connectivity index (χ4v) is 2.28. The van der Waals surface area contributed by atoms with Gasteiger partial charge in [-0.1, -0.05) is 28.0 Å². The Morgan fingerprint density at radius 3 is 2.36 bits per heavy atom. The fraction of sp³-hybridized carbons (Fsp3) is 0.389. The first-order valence-corrected chi connectivity index (χ1v) is 8.80. The van der Waals surface area contributed by atoms with Crippen molar-refractivity contribution >= 4 is 15.1 Å². The van der Waals surface area contributed by atoms with Crippen molar-refractivity contribution in [2.24, 2.45) is 0 Å². The van der Waals surface area contributed by atoms with Crippen LogP contribution in [0.1, 0.15) is 37.7 Å². The van der Waals surface area contributed by atoms with Crippen LogP contribution in [0.3, 0.4) is 0 Å². The molecule has 1 rings (SSSR count). The molecule has 4 nitrogen and oxygen atoms in total. The highest BCUT2D eigenvalue weighted by Crippen LogP contribution is 2.32. The summed E-state index contributed by atoms with van der Waals surface area (Å²) in [6, 6.07) is -0.605. The van der Waals surface area contributed by atoms with E-state index in [2.05, 4.69) is 21.9 Å². The maximum Gasteiger partial charge on any atom is 0.389 e. The Morgan fingerprint density at radius 2 is 1.89 bits per heavy atom. The first kappa shape index (κ1) is 23.9. The summed E-state index contributed by atoms with van der Waals surface area (Å²) in [5.74, 6) is -0.603. The van der Waals surface area contributed by atoms with Crippen LogP contribution in [0, 0.1) is 0 Å². The second kappa shape index (κ2) is 9.87. The zero-order valence-electron chi connectivity index (χ0n) is 15.4. The predicted molar refractivity (Wildman–Crippen MR) is 99.7 cm³/mol. The average Bonchev–Trinajstić information content (AvgIpc) is 2.58. The Bertz CT molecular complexity index is 752. The number of aryl methyl sites for hydroxylation is 1. The van der Waals surface area contributed by atoms with Gasteiger partial charge in [0, 0.05) is 23.8 Å². The van der Waals surface area contributed by atoms with Crippen LogP contribution >= 0.6 is 9.24 Å². The maximum atomic E-state index is 13.3. The molecule has 0 fully saturated rings. The summed E-state index contributed by atoms with van der Waals surface area (Å²) in [7, 11) is 1.40. The highest BCUT2D eigenvalue weighted by molar-refractivity contribution is 7.18. The first-order chi connectivity index (χ1) is 12.8. The van der Waals surface area contributed by atoms with E-state index in [4.69, 9.17) is 0 Å². The van der Waals surface area contributed by atoms with Gasteiger partial charge in [-0.25, -0.2) is 0 Å². The van der Waals surface area contributed by atoms with Gasteiger partial charge in [0.05, 0.1) is 23.6 Å². The van der Waals surface area contributed by atoms with Gasteiger partial charge in [-0.15, -0.1) is 0 Å². The van der Waals surface area contributed by atoms with Crippen molar-refractivity contribution in [3.8, 4) is 0 Å². The monoisotopic (exact) mass is 421 g/mol. The first-order valence-electron chi connectivity index (χ1n) is 8.22. The second-order valence-electron chi connectivity index (χ2n) is 5.97. The minimum Gasteiger partial charge on any atom is -0.344 e. The van der Waals surface area contributed by atoms with Gasteiger partial charge >= 0.3 is 6.18 Å². The van der Waals surface area contributed by atoms with Crippen LogP contribution in [0.5, 0.6) is 0 Å². The number of carbonyl (C=O) groups excluding carboxylic acids is 1. The maximum absolute atomic E-state index is 13.3. The molecule has 0 saturated heterocycles. The van der Waals surface area contributed by atoms with Crippen LogP contribution in [0.2, 0.25) is 0 Å². The van der Waals surface area contributed by atoms with Crippen molar-refractivity contribution in [1.82, 2.24) is 15.3 Å². The molecular weight excluding hydrogens is 400 g/mol. The minimum atomic E-state index is -4.28. The molecule has 1 aromatic rings. The van der Waals surface area contributed by atoms with Gasteiger partial charge in [0.15, 0.2) is 0 Å². The van der Waals surface area contributed by atoms with E-state index < -0.39 is 30.2 Å². The minimum absolute atomic E-state index is 0.0461. The van der Waals surface area contributed by atoms with Crippen LogP contribution < -0.4 is 5.32 Å². The molecule has 1 aromatic heterocycles. The third-order valence-electron chi connectivity index (χ3n) is 3.63. The summed E-state index contributed by atoms with van der Waals surface area (Å²) < 4.78 is 63.2. The van der Waals surface area contributed by atoms with Gasteiger partial charge in [-0.3, -0.25) is 14.8 Å². The normalized spacial score (nSPS) is 14.2. The highest BCUT2D eigenvalue weighted by Gasteiger charge is 2.27. The Hall–Kier alpha value is -2.15.